The number of nitrogens with zero attached hydrogens (tertiary/aromatic N) is 2. The van der Waals surface area contributed by atoms with Crippen LogP contribution in [-0.4, -0.2) is 9.55 Å². The van der Waals surface area contributed by atoms with Crippen LogP contribution in [-0.2, 0) is 13.5 Å². The van der Waals surface area contributed by atoms with E-state index in [1.807, 2.05) is 0 Å². The van der Waals surface area contributed by atoms with Crippen molar-refractivity contribution < 1.29 is 0 Å². The summed E-state index contributed by atoms with van der Waals surface area (Å²) < 4.78 is 2.19. The fourth-order valence-corrected chi connectivity index (χ4v) is 5.49. The van der Waals surface area contributed by atoms with Crippen molar-refractivity contribution in [3.05, 3.63) is 11.5 Å². The molecule has 3 heteroatoms. The molecular formula is C16H25N3. The number of aryl methyl sites for hydroxylation is 1. The first-order chi connectivity index (χ1) is 9.17. The molecule has 0 amide bonds. The Labute approximate surface area is 115 Å². The fourth-order valence-electron chi connectivity index (χ4n) is 5.49. The minimum Gasteiger partial charge on any atom is -0.384 e. The van der Waals surface area contributed by atoms with Gasteiger partial charge in [0.25, 0.3) is 0 Å². The number of hydrogen-bond donors (Lipinski definition) is 1. The molecule has 0 aliphatic heterocycles. The minimum atomic E-state index is 0.695. The third-order valence-electron chi connectivity index (χ3n) is 6.11. The molecule has 0 saturated heterocycles. The Morgan fingerprint density at radius 3 is 2.16 bits per heavy atom. The van der Waals surface area contributed by atoms with E-state index >= 15 is 0 Å². The first-order valence-electron chi connectivity index (χ1n) is 7.98. The van der Waals surface area contributed by atoms with Crippen LogP contribution in [0.4, 0.5) is 5.82 Å². The van der Waals surface area contributed by atoms with Gasteiger partial charge >= 0.3 is 0 Å². The van der Waals surface area contributed by atoms with E-state index in [4.69, 9.17) is 10.7 Å². The largest absolute Gasteiger partial charge is 0.384 e. The number of imidazole rings is 1. The highest BCUT2D eigenvalue weighted by molar-refractivity contribution is 5.39. The molecule has 0 spiro atoms. The average Bonchev–Trinajstić information content (AvgIpc) is 2.66. The Hall–Kier alpha value is -0.990. The van der Waals surface area contributed by atoms with Crippen molar-refractivity contribution in [2.45, 2.75) is 51.4 Å². The van der Waals surface area contributed by atoms with Gasteiger partial charge < -0.3 is 10.3 Å². The number of nitrogens with two attached hydrogens (primary N) is 1. The summed E-state index contributed by atoms with van der Waals surface area (Å²) in [6.45, 7) is 2.15. The summed E-state index contributed by atoms with van der Waals surface area (Å²) in [6.07, 6.45) is 8.27. The van der Waals surface area contributed by atoms with Gasteiger partial charge in [-0.2, -0.15) is 0 Å². The van der Waals surface area contributed by atoms with E-state index in [-0.39, 0.29) is 0 Å². The van der Waals surface area contributed by atoms with Gasteiger partial charge in [0.15, 0.2) is 0 Å². The van der Waals surface area contributed by atoms with Crippen molar-refractivity contribution >= 4 is 5.82 Å². The van der Waals surface area contributed by atoms with Crippen molar-refractivity contribution in [2.24, 2.45) is 30.7 Å². The summed E-state index contributed by atoms with van der Waals surface area (Å²) >= 11 is 0. The van der Waals surface area contributed by atoms with Crippen LogP contribution in [0.2, 0.25) is 0 Å². The van der Waals surface area contributed by atoms with Gasteiger partial charge in [-0.15, -0.1) is 0 Å². The topological polar surface area (TPSA) is 43.8 Å². The molecular weight excluding hydrogens is 234 g/mol. The highest BCUT2D eigenvalue weighted by Gasteiger charge is 2.50. The van der Waals surface area contributed by atoms with E-state index in [1.54, 1.807) is 0 Å². The summed E-state index contributed by atoms with van der Waals surface area (Å²) in [5.41, 5.74) is 7.31. The molecule has 0 radical (unpaired) electrons. The van der Waals surface area contributed by atoms with Gasteiger partial charge in [-0.25, -0.2) is 4.98 Å². The normalized spacial score (nSPS) is 40.0. The van der Waals surface area contributed by atoms with Crippen LogP contribution >= 0.6 is 0 Å². The SMILES string of the molecule is CCc1nc(C2C3CC4CC(C3)CC2C4)n(C)c1N. The van der Waals surface area contributed by atoms with E-state index in [1.165, 1.54) is 37.9 Å². The second kappa shape index (κ2) is 4.00. The Morgan fingerprint density at radius 2 is 1.68 bits per heavy atom. The summed E-state index contributed by atoms with van der Waals surface area (Å²) in [5, 5.41) is 0. The lowest BCUT2D eigenvalue weighted by molar-refractivity contribution is -0.00645. The molecule has 4 bridgehead atoms. The van der Waals surface area contributed by atoms with Crippen molar-refractivity contribution in [2.75, 3.05) is 5.73 Å². The highest BCUT2D eigenvalue weighted by atomic mass is 15.1. The second-order valence-corrected chi connectivity index (χ2v) is 7.17. The third kappa shape index (κ3) is 1.60. The zero-order valence-electron chi connectivity index (χ0n) is 12.1. The van der Waals surface area contributed by atoms with Crippen LogP contribution < -0.4 is 5.73 Å². The Kier molecular flexibility index (Phi) is 2.49. The molecule has 3 nitrogen and oxygen atoms in total. The number of aromatic nitrogens is 2. The van der Waals surface area contributed by atoms with Gasteiger partial charge in [0.2, 0.25) is 0 Å². The summed E-state index contributed by atoms with van der Waals surface area (Å²) in [5.74, 6) is 6.72. The third-order valence-corrected chi connectivity index (χ3v) is 6.11. The van der Waals surface area contributed by atoms with Crippen LogP contribution in [0.5, 0.6) is 0 Å². The number of nitrogen functional groups attached to an aromatic ring is 1. The van der Waals surface area contributed by atoms with Crippen LogP contribution in [0, 0.1) is 23.7 Å². The Balaban J connectivity index is 1.73. The van der Waals surface area contributed by atoms with E-state index < -0.39 is 0 Å². The standard InChI is InChI=1S/C16H25N3/c1-3-13-15(17)19(2)16(18-13)14-11-5-9-4-10(7-11)8-12(14)6-9/h9-12,14H,3-8,17H2,1-2H3. The van der Waals surface area contributed by atoms with Crippen molar-refractivity contribution in [3.8, 4) is 0 Å². The lowest BCUT2D eigenvalue weighted by atomic mass is 9.51. The van der Waals surface area contributed by atoms with E-state index in [2.05, 4.69) is 18.5 Å². The van der Waals surface area contributed by atoms with Gasteiger partial charge in [0, 0.05) is 13.0 Å². The van der Waals surface area contributed by atoms with Gasteiger partial charge in [0.05, 0.1) is 5.69 Å². The van der Waals surface area contributed by atoms with Crippen LogP contribution in [0.3, 0.4) is 0 Å². The first-order valence-corrected chi connectivity index (χ1v) is 7.98. The molecule has 4 saturated carbocycles. The van der Waals surface area contributed by atoms with Crippen LogP contribution in [0.25, 0.3) is 0 Å². The summed E-state index contributed by atoms with van der Waals surface area (Å²) in [7, 11) is 2.11. The van der Waals surface area contributed by atoms with Crippen molar-refractivity contribution in [1.29, 1.82) is 0 Å². The van der Waals surface area contributed by atoms with Crippen LogP contribution in [0.15, 0.2) is 0 Å². The predicted octanol–water partition coefficient (Wildman–Crippen LogP) is 3.10. The molecule has 0 aromatic carbocycles. The van der Waals surface area contributed by atoms with Gasteiger partial charge in [-0.3, -0.25) is 0 Å². The van der Waals surface area contributed by atoms with Gasteiger partial charge in [-0.05, 0) is 62.2 Å². The molecule has 4 aliphatic rings. The lowest BCUT2D eigenvalue weighted by Gasteiger charge is -2.54. The van der Waals surface area contributed by atoms with Crippen molar-refractivity contribution in [1.82, 2.24) is 9.55 Å². The lowest BCUT2D eigenvalue weighted by Crippen LogP contribution is -2.44. The second-order valence-electron chi connectivity index (χ2n) is 7.17. The maximum absolute atomic E-state index is 6.21. The zero-order chi connectivity index (χ0) is 13.1. The molecule has 1 heterocycles. The van der Waals surface area contributed by atoms with E-state index in [9.17, 15) is 0 Å². The number of rotatable bonds is 2. The number of anilines is 1. The molecule has 0 atom stereocenters. The molecule has 104 valence electrons. The molecule has 0 unspecified atom stereocenters. The fraction of sp³-hybridized carbons (Fsp3) is 0.812. The minimum absolute atomic E-state index is 0.695. The Morgan fingerprint density at radius 1 is 1.11 bits per heavy atom. The first kappa shape index (κ1) is 11.8. The zero-order valence-corrected chi connectivity index (χ0v) is 12.1. The molecule has 19 heavy (non-hydrogen) atoms. The predicted molar refractivity (Wildman–Crippen MR) is 76.8 cm³/mol. The van der Waals surface area contributed by atoms with E-state index in [0.717, 1.165) is 41.6 Å². The quantitative estimate of drug-likeness (QED) is 0.887. The molecule has 1 aromatic rings. The molecule has 2 N–H and O–H groups in total. The maximum atomic E-state index is 6.21. The molecule has 4 aliphatic carbocycles. The van der Waals surface area contributed by atoms with Gasteiger partial charge in [-0.1, -0.05) is 6.92 Å². The summed E-state index contributed by atoms with van der Waals surface area (Å²) in [6, 6.07) is 0. The monoisotopic (exact) mass is 259 g/mol. The molecule has 4 fully saturated rings. The van der Waals surface area contributed by atoms with E-state index in [0.29, 0.717) is 5.92 Å². The smallest absolute Gasteiger partial charge is 0.126 e. The summed E-state index contributed by atoms with van der Waals surface area (Å²) in [4.78, 5) is 4.91. The molecule has 5 rings (SSSR count). The molecule has 1 aromatic heterocycles. The number of hydrogen-bond acceptors (Lipinski definition) is 2. The average molecular weight is 259 g/mol. The maximum Gasteiger partial charge on any atom is 0.126 e. The van der Waals surface area contributed by atoms with Gasteiger partial charge in [0.1, 0.15) is 11.6 Å². The van der Waals surface area contributed by atoms with Crippen LogP contribution in [0.1, 0.15) is 56.5 Å². The van der Waals surface area contributed by atoms with Crippen molar-refractivity contribution in [3.63, 3.8) is 0 Å². The Bertz CT molecular complexity index is 474. The highest BCUT2D eigenvalue weighted by Crippen LogP contribution is 2.59.